The first-order valence-corrected chi connectivity index (χ1v) is 6.20. The van der Waals surface area contributed by atoms with Crippen LogP contribution in [0, 0.1) is 0 Å². The monoisotopic (exact) mass is 248 g/mol. The number of nitrogens with one attached hydrogen (secondary N) is 1. The lowest BCUT2D eigenvalue weighted by atomic mass is 10.2. The molecule has 1 fully saturated rings. The normalized spacial score (nSPS) is 26.2. The summed E-state index contributed by atoms with van der Waals surface area (Å²) >= 11 is 0. The van der Waals surface area contributed by atoms with Crippen LogP contribution in [0.5, 0.6) is 5.75 Å². The summed E-state index contributed by atoms with van der Waals surface area (Å²) in [5.41, 5.74) is 0.919. The second-order valence-electron chi connectivity index (χ2n) is 4.71. The molecular formula is C13H16N2O3. The average Bonchev–Trinajstić information content (AvgIpc) is 2.84. The van der Waals surface area contributed by atoms with Gasteiger partial charge in [-0.2, -0.15) is 0 Å². The summed E-state index contributed by atoms with van der Waals surface area (Å²) in [6.07, 6.45) is -0.231. The minimum atomic E-state index is -0.495. The van der Waals surface area contributed by atoms with Gasteiger partial charge in [0, 0.05) is 13.1 Å². The van der Waals surface area contributed by atoms with E-state index >= 15 is 0 Å². The number of benzene rings is 1. The van der Waals surface area contributed by atoms with Crippen LogP contribution in [-0.4, -0.2) is 47.8 Å². The summed E-state index contributed by atoms with van der Waals surface area (Å²) in [6, 6.07) is 7.58. The largest absolute Gasteiger partial charge is 0.477 e. The maximum atomic E-state index is 12.2. The first-order chi connectivity index (χ1) is 8.74. The van der Waals surface area contributed by atoms with Crippen LogP contribution in [0.1, 0.15) is 6.42 Å². The van der Waals surface area contributed by atoms with Gasteiger partial charge in [-0.15, -0.1) is 0 Å². The number of anilines is 1. The number of β-amino-alcohol motifs (C(OH)–C–C–N with tert-alkyl or cyclic N) is 1. The van der Waals surface area contributed by atoms with Gasteiger partial charge in [-0.25, -0.2) is 0 Å². The SMILES string of the molecule is O=C(C1CNc2ccccc2O1)N1CC[C@@H](O)C1. The summed E-state index contributed by atoms with van der Waals surface area (Å²) in [4.78, 5) is 13.9. The highest BCUT2D eigenvalue weighted by Crippen LogP contribution is 2.28. The standard InChI is InChI=1S/C13H16N2O3/c16-9-5-6-15(8-9)13(17)12-7-14-10-3-1-2-4-11(10)18-12/h1-4,9,12,14,16H,5-8H2/t9-,12?/m1/s1. The van der Waals surface area contributed by atoms with Crippen molar-refractivity contribution in [1.82, 2.24) is 4.90 Å². The van der Waals surface area contributed by atoms with Crippen molar-refractivity contribution >= 4 is 11.6 Å². The molecule has 0 aromatic heterocycles. The first kappa shape index (κ1) is 11.3. The Morgan fingerprint density at radius 1 is 1.44 bits per heavy atom. The van der Waals surface area contributed by atoms with Gasteiger partial charge in [-0.3, -0.25) is 4.79 Å². The fraction of sp³-hybridized carbons (Fsp3) is 0.462. The van der Waals surface area contributed by atoms with Gasteiger partial charge >= 0.3 is 0 Å². The van der Waals surface area contributed by atoms with Crippen LogP contribution < -0.4 is 10.1 Å². The molecule has 1 unspecified atom stereocenters. The number of rotatable bonds is 1. The van der Waals surface area contributed by atoms with E-state index in [-0.39, 0.29) is 5.91 Å². The van der Waals surface area contributed by atoms with E-state index in [1.165, 1.54) is 0 Å². The highest BCUT2D eigenvalue weighted by Gasteiger charge is 2.33. The number of hydrogen-bond donors (Lipinski definition) is 2. The van der Waals surface area contributed by atoms with Crippen molar-refractivity contribution < 1.29 is 14.6 Å². The lowest BCUT2D eigenvalue weighted by Crippen LogP contribution is -2.46. The van der Waals surface area contributed by atoms with Crippen molar-refractivity contribution in [2.24, 2.45) is 0 Å². The molecular weight excluding hydrogens is 232 g/mol. The molecule has 0 aliphatic carbocycles. The van der Waals surface area contributed by atoms with E-state index < -0.39 is 12.2 Å². The molecule has 0 saturated carbocycles. The molecule has 1 aromatic rings. The summed E-state index contributed by atoms with van der Waals surface area (Å²) in [5, 5.41) is 12.6. The van der Waals surface area contributed by atoms with Gasteiger partial charge in [0.1, 0.15) is 5.75 Å². The van der Waals surface area contributed by atoms with E-state index in [4.69, 9.17) is 4.74 Å². The molecule has 5 nitrogen and oxygen atoms in total. The Balaban J connectivity index is 1.70. The zero-order valence-corrected chi connectivity index (χ0v) is 10.0. The number of fused-ring (bicyclic) bond motifs is 1. The Morgan fingerprint density at radius 2 is 2.28 bits per heavy atom. The molecule has 2 atom stereocenters. The Morgan fingerprint density at radius 3 is 3.06 bits per heavy atom. The maximum Gasteiger partial charge on any atom is 0.265 e. The molecule has 5 heteroatoms. The molecule has 2 aliphatic heterocycles. The molecule has 2 heterocycles. The third-order valence-electron chi connectivity index (χ3n) is 3.38. The molecule has 0 spiro atoms. The van der Waals surface area contributed by atoms with Crippen molar-refractivity contribution in [3.05, 3.63) is 24.3 Å². The van der Waals surface area contributed by atoms with Gasteiger partial charge in [0.05, 0.1) is 18.3 Å². The first-order valence-electron chi connectivity index (χ1n) is 6.20. The summed E-state index contributed by atoms with van der Waals surface area (Å²) in [5.74, 6) is 0.662. The number of ether oxygens (including phenoxy) is 1. The number of hydrogen-bond acceptors (Lipinski definition) is 4. The molecule has 2 aliphatic rings. The van der Waals surface area contributed by atoms with E-state index in [1.54, 1.807) is 4.90 Å². The number of para-hydroxylation sites is 2. The lowest BCUT2D eigenvalue weighted by Gasteiger charge is -2.29. The van der Waals surface area contributed by atoms with Crippen molar-refractivity contribution in [1.29, 1.82) is 0 Å². The molecule has 2 N–H and O–H groups in total. The smallest absolute Gasteiger partial charge is 0.265 e. The van der Waals surface area contributed by atoms with Crippen LogP contribution >= 0.6 is 0 Å². The Labute approximate surface area is 105 Å². The summed E-state index contributed by atoms with van der Waals surface area (Å²) in [7, 11) is 0. The predicted octanol–water partition coefficient (Wildman–Crippen LogP) is 0.453. The van der Waals surface area contributed by atoms with E-state index in [2.05, 4.69) is 5.32 Å². The van der Waals surface area contributed by atoms with Crippen molar-refractivity contribution in [3.63, 3.8) is 0 Å². The quantitative estimate of drug-likeness (QED) is 0.757. The second kappa shape index (κ2) is 4.49. The number of nitrogens with zero attached hydrogens (tertiary/aromatic N) is 1. The second-order valence-corrected chi connectivity index (χ2v) is 4.71. The maximum absolute atomic E-state index is 12.2. The fourth-order valence-electron chi connectivity index (χ4n) is 2.40. The molecule has 0 bridgehead atoms. The molecule has 18 heavy (non-hydrogen) atoms. The minimum absolute atomic E-state index is 0.0476. The molecule has 1 aromatic carbocycles. The van der Waals surface area contributed by atoms with Crippen LogP contribution in [-0.2, 0) is 4.79 Å². The number of likely N-dealkylation sites (tertiary alicyclic amines) is 1. The van der Waals surface area contributed by atoms with Gasteiger partial charge in [0.25, 0.3) is 5.91 Å². The van der Waals surface area contributed by atoms with Gasteiger partial charge in [0.2, 0.25) is 0 Å². The van der Waals surface area contributed by atoms with Gasteiger partial charge in [-0.1, -0.05) is 12.1 Å². The zero-order valence-electron chi connectivity index (χ0n) is 10.0. The van der Waals surface area contributed by atoms with Crippen molar-refractivity contribution in [3.8, 4) is 5.75 Å². The van der Waals surface area contributed by atoms with Crippen LogP contribution in [0.2, 0.25) is 0 Å². The van der Waals surface area contributed by atoms with E-state index in [9.17, 15) is 9.90 Å². The van der Waals surface area contributed by atoms with E-state index in [0.717, 1.165) is 5.69 Å². The molecule has 1 saturated heterocycles. The number of carbonyl (C=O) groups is 1. The van der Waals surface area contributed by atoms with E-state index in [1.807, 2.05) is 24.3 Å². The highest BCUT2D eigenvalue weighted by molar-refractivity contribution is 5.83. The van der Waals surface area contributed by atoms with Crippen LogP contribution in [0.4, 0.5) is 5.69 Å². The third-order valence-corrected chi connectivity index (χ3v) is 3.38. The zero-order chi connectivity index (χ0) is 12.5. The molecule has 3 rings (SSSR count). The third kappa shape index (κ3) is 2.01. The number of amides is 1. The Hall–Kier alpha value is -1.75. The number of aliphatic hydroxyl groups excluding tert-OH is 1. The van der Waals surface area contributed by atoms with E-state index in [0.29, 0.717) is 31.8 Å². The van der Waals surface area contributed by atoms with Crippen molar-refractivity contribution in [2.75, 3.05) is 25.0 Å². The average molecular weight is 248 g/mol. The van der Waals surface area contributed by atoms with Crippen LogP contribution in [0.15, 0.2) is 24.3 Å². The Kier molecular flexibility index (Phi) is 2.83. The Bertz CT molecular complexity index is 463. The summed E-state index contributed by atoms with van der Waals surface area (Å²) in [6.45, 7) is 1.50. The molecule has 1 amide bonds. The predicted molar refractivity (Wildman–Crippen MR) is 66.6 cm³/mol. The topological polar surface area (TPSA) is 61.8 Å². The van der Waals surface area contributed by atoms with Crippen molar-refractivity contribution in [2.45, 2.75) is 18.6 Å². The fourth-order valence-corrected chi connectivity index (χ4v) is 2.40. The number of carbonyl (C=O) groups excluding carboxylic acids is 1. The van der Waals surface area contributed by atoms with Crippen LogP contribution in [0.3, 0.4) is 0 Å². The number of aliphatic hydroxyl groups is 1. The van der Waals surface area contributed by atoms with Crippen LogP contribution in [0.25, 0.3) is 0 Å². The molecule has 96 valence electrons. The van der Waals surface area contributed by atoms with Gasteiger partial charge < -0.3 is 20.1 Å². The lowest BCUT2D eigenvalue weighted by molar-refractivity contribution is -0.137. The highest BCUT2D eigenvalue weighted by atomic mass is 16.5. The van der Waals surface area contributed by atoms with Gasteiger partial charge in [-0.05, 0) is 18.6 Å². The van der Waals surface area contributed by atoms with Gasteiger partial charge in [0.15, 0.2) is 6.10 Å². The minimum Gasteiger partial charge on any atom is -0.477 e. The summed E-state index contributed by atoms with van der Waals surface area (Å²) < 4.78 is 5.71. The molecule has 0 radical (unpaired) electrons.